The number of alkyl halides is 2. The molecular formula is C14H18Br2O2. The first-order valence-corrected chi connectivity index (χ1v) is 7.57. The highest BCUT2D eigenvalue weighted by molar-refractivity contribution is 9.12. The molecule has 0 saturated carbocycles. The third-order valence-electron chi connectivity index (χ3n) is 2.68. The highest BCUT2D eigenvalue weighted by atomic mass is 79.9. The standard InChI is InChI=1S/C14H18Br2O2/c1-14(2,3)13(17)12(16)11(15)9-5-7-10(18-4)8-6-9/h5-8,11-12H,1-4H3/t11-,12-/m0/s1. The SMILES string of the molecule is COc1ccc([C@H](Br)[C@H](Br)C(=O)C(C)(C)C)cc1. The number of Topliss-reactive ketones (excluding diaryl/α,β-unsaturated/α-hetero) is 1. The molecule has 0 aliphatic carbocycles. The molecule has 0 fully saturated rings. The number of hydrogen-bond acceptors (Lipinski definition) is 2. The van der Waals surface area contributed by atoms with E-state index in [4.69, 9.17) is 4.74 Å². The zero-order valence-electron chi connectivity index (χ0n) is 11.0. The third-order valence-corrected chi connectivity index (χ3v) is 5.39. The number of carbonyl (C=O) groups excluding carboxylic acids is 1. The van der Waals surface area contributed by atoms with Gasteiger partial charge in [0.25, 0.3) is 0 Å². The largest absolute Gasteiger partial charge is 0.497 e. The summed E-state index contributed by atoms with van der Waals surface area (Å²) in [6.07, 6.45) is 0. The van der Waals surface area contributed by atoms with Crippen LogP contribution in [0.1, 0.15) is 31.2 Å². The Kier molecular flexibility index (Phi) is 5.41. The molecule has 0 bridgehead atoms. The molecule has 0 aliphatic rings. The van der Waals surface area contributed by atoms with Crippen LogP contribution >= 0.6 is 31.9 Å². The van der Waals surface area contributed by atoms with Gasteiger partial charge < -0.3 is 4.74 Å². The van der Waals surface area contributed by atoms with E-state index in [2.05, 4.69) is 31.9 Å². The van der Waals surface area contributed by atoms with Crippen molar-refractivity contribution in [1.82, 2.24) is 0 Å². The first-order valence-electron chi connectivity index (χ1n) is 5.73. The maximum absolute atomic E-state index is 12.2. The van der Waals surface area contributed by atoms with Crippen LogP contribution in [0.25, 0.3) is 0 Å². The van der Waals surface area contributed by atoms with Crippen LogP contribution in [0, 0.1) is 5.41 Å². The molecule has 0 spiro atoms. The molecule has 100 valence electrons. The van der Waals surface area contributed by atoms with Crippen LogP contribution < -0.4 is 4.74 Å². The predicted molar refractivity (Wildman–Crippen MR) is 81.8 cm³/mol. The van der Waals surface area contributed by atoms with Crippen molar-refractivity contribution in [3.8, 4) is 5.75 Å². The van der Waals surface area contributed by atoms with Gasteiger partial charge in [-0.1, -0.05) is 64.8 Å². The molecule has 18 heavy (non-hydrogen) atoms. The number of rotatable bonds is 4. The molecule has 0 heterocycles. The molecule has 0 aromatic heterocycles. The number of benzene rings is 1. The highest BCUT2D eigenvalue weighted by Gasteiger charge is 2.32. The number of methoxy groups -OCH3 is 1. The summed E-state index contributed by atoms with van der Waals surface area (Å²) < 4.78 is 5.12. The summed E-state index contributed by atoms with van der Waals surface area (Å²) in [5.41, 5.74) is 0.697. The molecule has 1 rings (SSSR count). The van der Waals surface area contributed by atoms with Crippen LogP contribution in [0.4, 0.5) is 0 Å². The van der Waals surface area contributed by atoms with Gasteiger partial charge in [-0.2, -0.15) is 0 Å². The first-order chi connectivity index (χ1) is 8.27. The summed E-state index contributed by atoms with van der Waals surface area (Å²) in [6, 6.07) is 7.71. The summed E-state index contributed by atoms with van der Waals surface area (Å²) in [4.78, 5) is 11.9. The van der Waals surface area contributed by atoms with E-state index in [0.29, 0.717) is 0 Å². The van der Waals surface area contributed by atoms with E-state index in [0.717, 1.165) is 11.3 Å². The molecular weight excluding hydrogens is 360 g/mol. The van der Waals surface area contributed by atoms with Gasteiger partial charge in [0.05, 0.1) is 16.8 Å². The van der Waals surface area contributed by atoms with Crippen LogP contribution in [0.15, 0.2) is 24.3 Å². The van der Waals surface area contributed by atoms with E-state index < -0.39 is 0 Å². The number of halogens is 2. The number of ketones is 1. The van der Waals surface area contributed by atoms with Gasteiger partial charge in [-0.05, 0) is 17.7 Å². The summed E-state index contributed by atoms with van der Waals surface area (Å²) >= 11 is 7.07. The normalized spacial score (nSPS) is 15.0. The second-order valence-corrected chi connectivity index (χ2v) is 7.16. The first kappa shape index (κ1) is 15.7. The van der Waals surface area contributed by atoms with Crippen molar-refractivity contribution in [3.05, 3.63) is 29.8 Å². The molecule has 2 nitrogen and oxygen atoms in total. The Hall–Kier alpha value is -0.350. The Labute approximate surface area is 125 Å². The van der Waals surface area contributed by atoms with Gasteiger partial charge in [-0.15, -0.1) is 0 Å². The van der Waals surface area contributed by atoms with Gasteiger partial charge in [0.1, 0.15) is 5.75 Å². The van der Waals surface area contributed by atoms with Crippen LogP contribution in [0.3, 0.4) is 0 Å². The van der Waals surface area contributed by atoms with Crippen LogP contribution in [0.2, 0.25) is 0 Å². The summed E-state index contributed by atoms with van der Waals surface area (Å²) in [6.45, 7) is 5.78. The van der Waals surface area contributed by atoms with Gasteiger partial charge in [0.15, 0.2) is 5.78 Å². The van der Waals surface area contributed by atoms with Crippen molar-refractivity contribution in [2.24, 2.45) is 5.41 Å². The fourth-order valence-electron chi connectivity index (χ4n) is 1.50. The molecule has 0 amide bonds. The van der Waals surface area contributed by atoms with Crippen molar-refractivity contribution in [2.45, 2.75) is 30.4 Å². The minimum atomic E-state index is -0.355. The van der Waals surface area contributed by atoms with E-state index in [1.54, 1.807) is 7.11 Å². The Morgan fingerprint density at radius 3 is 2.06 bits per heavy atom. The Morgan fingerprint density at radius 1 is 1.17 bits per heavy atom. The second-order valence-electron chi connectivity index (χ2n) is 5.19. The van der Waals surface area contributed by atoms with E-state index >= 15 is 0 Å². The smallest absolute Gasteiger partial charge is 0.153 e. The van der Waals surface area contributed by atoms with E-state index in [9.17, 15) is 4.79 Å². The predicted octanol–water partition coefficient (Wildman–Crippen LogP) is 4.51. The topological polar surface area (TPSA) is 26.3 Å². The zero-order chi connectivity index (χ0) is 13.9. The van der Waals surface area contributed by atoms with E-state index in [1.807, 2.05) is 45.0 Å². The highest BCUT2D eigenvalue weighted by Crippen LogP contribution is 2.36. The lowest BCUT2D eigenvalue weighted by molar-refractivity contribution is -0.125. The lowest BCUT2D eigenvalue weighted by Gasteiger charge is -2.24. The van der Waals surface area contributed by atoms with E-state index in [-0.39, 0.29) is 20.9 Å². The monoisotopic (exact) mass is 376 g/mol. The number of carbonyl (C=O) groups is 1. The minimum Gasteiger partial charge on any atom is -0.497 e. The Bertz CT molecular complexity index is 407. The molecule has 0 aliphatic heterocycles. The number of ether oxygens (including phenoxy) is 1. The van der Waals surface area contributed by atoms with Crippen molar-refractivity contribution >= 4 is 37.6 Å². The van der Waals surface area contributed by atoms with Gasteiger partial charge in [0, 0.05) is 5.41 Å². The van der Waals surface area contributed by atoms with Crippen molar-refractivity contribution in [2.75, 3.05) is 7.11 Å². The molecule has 0 saturated heterocycles. The second kappa shape index (κ2) is 6.20. The summed E-state index contributed by atoms with van der Waals surface area (Å²) in [7, 11) is 1.64. The zero-order valence-corrected chi connectivity index (χ0v) is 14.2. The Balaban J connectivity index is 2.86. The van der Waals surface area contributed by atoms with Gasteiger partial charge in [-0.25, -0.2) is 0 Å². The van der Waals surface area contributed by atoms with Crippen LogP contribution in [-0.2, 0) is 4.79 Å². The summed E-state index contributed by atoms with van der Waals surface area (Å²) in [5.74, 6) is 0.993. The fourth-order valence-corrected chi connectivity index (χ4v) is 3.04. The molecule has 0 unspecified atom stereocenters. The average Bonchev–Trinajstić information content (AvgIpc) is 2.35. The molecule has 1 aromatic rings. The third kappa shape index (κ3) is 3.82. The van der Waals surface area contributed by atoms with Crippen molar-refractivity contribution in [3.63, 3.8) is 0 Å². The maximum Gasteiger partial charge on any atom is 0.153 e. The molecule has 0 radical (unpaired) electrons. The molecule has 0 N–H and O–H groups in total. The van der Waals surface area contributed by atoms with E-state index in [1.165, 1.54) is 0 Å². The Morgan fingerprint density at radius 2 is 1.67 bits per heavy atom. The van der Waals surface area contributed by atoms with Crippen LogP contribution in [0.5, 0.6) is 5.75 Å². The lowest BCUT2D eigenvalue weighted by Crippen LogP contribution is -2.31. The van der Waals surface area contributed by atoms with Crippen LogP contribution in [-0.4, -0.2) is 17.7 Å². The molecule has 2 atom stereocenters. The van der Waals surface area contributed by atoms with Gasteiger partial charge >= 0.3 is 0 Å². The van der Waals surface area contributed by atoms with Gasteiger partial charge in [0.2, 0.25) is 0 Å². The van der Waals surface area contributed by atoms with Crippen molar-refractivity contribution < 1.29 is 9.53 Å². The fraction of sp³-hybridized carbons (Fsp3) is 0.500. The average molecular weight is 378 g/mol. The maximum atomic E-state index is 12.2. The minimum absolute atomic E-state index is 0.0462. The lowest BCUT2D eigenvalue weighted by atomic mass is 9.87. The molecule has 1 aromatic carbocycles. The van der Waals surface area contributed by atoms with Crippen molar-refractivity contribution in [1.29, 1.82) is 0 Å². The summed E-state index contributed by atoms with van der Waals surface area (Å²) in [5, 5.41) is 0. The quantitative estimate of drug-likeness (QED) is 0.721. The number of hydrogen-bond donors (Lipinski definition) is 0. The van der Waals surface area contributed by atoms with Gasteiger partial charge in [-0.3, -0.25) is 4.79 Å². The molecule has 4 heteroatoms.